The number of hydrogen-bond acceptors (Lipinski definition) is 4. The second-order valence-electron chi connectivity index (χ2n) is 5.47. The van der Waals surface area contributed by atoms with Crippen LogP contribution in [0.2, 0.25) is 0 Å². The molecule has 116 valence electrons. The van der Waals surface area contributed by atoms with Gasteiger partial charge in [0.05, 0.1) is 11.5 Å². The van der Waals surface area contributed by atoms with Crippen LogP contribution in [0.15, 0.2) is 24.3 Å². The topological polar surface area (TPSA) is 101 Å². The first-order valence-corrected chi connectivity index (χ1v) is 8.81. The van der Waals surface area contributed by atoms with Crippen molar-refractivity contribution in [3.63, 3.8) is 0 Å². The van der Waals surface area contributed by atoms with E-state index in [1.54, 1.807) is 6.07 Å². The second-order valence-corrected chi connectivity index (χ2v) is 7.69. The highest BCUT2D eigenvalue weighted by Gasteiger charge is 2.25. The highest BCUT2D eigenvalue weighted by Crippen LogP contribution is 2.16. The maximum Gasteiger partial charge on any atom is 0.319 e. The van der Waals surface area contributed by atoms with Gasteiger partial charge in [0.15, 0.2) is 9.84 Å². The van der Waals surface area contributed by atoms with Gasteiger partial charge in [-0.2, -0.15) is 0 Å². The lowest BCUT2D eigenvalue weighted by Crippen LogP contribution is -2.44. The molecule has 0 aliphatic carbocycles. The van der Waals surface area contributed by atoms with Crippen LogP contribution >= 0.6 is 0 Å². The summed E-state index contributed by atoms with van der Waals surface area (Å²) in [6, 6.07) is 6.46. The summed E-state index contributed by atoms with van der Waals surface area (Å²) in [5.41, 5.74) is 7.36. The maximum atomic E-state index is 11.9. The van der Waals surface area contributed by atoms with Crippen LogP contribution in [0, 0.1) is 0 Å². The van der Waals surface area contributed by atoms with E-state index in [0.717, 1.165) is 5.56 Å². The molecule has 1 saturated heterocycles. The first-order chi connectivity index (χ1) is 9.85. The number of amides is 2. The van der Waals surface area contributed by atoms with Gasteiger partial charge in [-0.25, -0.2) is 13.2 Å². The molecule has 0 spiro atoms. The Balaban J connectivity index is 1.94. The molecule has 2 atom stereocenters. The van der Waals surface area contributed by atoms with Crippen LogP contribution in [0.1, 0.15) is 31.4 Å². The SMILES string of the molecule is CC(N)c1cccc(NC(=O)NC2CCCS(=O)(=O)C2)c1. The molecule has 0 saturated carbocycles. The summed E-state index contributed by atoms with van der Waals surface area (Å²) in [6.45, 7) is 1.87. The molecule has 2 rings (SSSR count). The van der Waals surface area contributed by atoms with Gasteiger partial charge >= 0.3 is 6.03 Å². The normalized spacial score (nSPS) is 22.3. The van der Waals surface area contributed by atoms with E-state index in [2.05, 4.69) is 10.6 Å². The minimum absolute atomic E-state index is 0.0142. The molecule has 21 heavy (non-hydrogen) atoms. The fraction of sp³-hybridized carbons (Fsp3) is 0.500. The van der Waals surface area contributed by atoms with E-state index in [-0.39, 0.29) is 29.6 Å². The number of sulfone groups is 1. The van der Waals surface area contributed by atoms with E-state index in [1.165, 1.54) is 0 Å². The summed E-state index contributed by atoms with van der Waals surface area (Å²) in [5.74, 6) is 0.226. The molecule has 6 nitrogen and oxygen atoms in total. The van der Waals surface area contributed by atoms with Gasteiger partial charge in [0.1, 0.15) is 0 Å². The molecule has 2 unspecified atom stereocenters. The summed E-state index contributed by atoms with van der Waals surface area (Å²) < 4.78 is 23.1. The Morgan fingerprint density at radius 3 is 2.86 bits per heavy atom. The Bertz CT molecular complexity index is 614. The Morgan fingerprint density at radius 1 is 1.43 bits per heavy atom. The molecule has 1 aliphatic heterocycles. The van der Waals surface area contributed by atoms with Crippen LogP contribution in [0.5, 0.6) is 0 Å². The number of hydrogen-bond donors (Lipinski definition) is 3. The molecule has 0 bridgehead atoms. The van der Waals surface area contributed by atoms with Crippen molar-refractivity contribution in [3.05, 3.63) is 29.8 Å². The van der Waals surface area contributed by atoms with Crippen molar-refractivity contribution >= 4 is 21.6 Å². The average Bonchev–Trinajstić information content (AvgIpc) is 2.37. The van der Waals surface area contributed by atoms with Gasteiger partial charge in [-0.15, -0.1) is 0 Å². The third-order valence-electron chi connectivity index (χ3n) is 3.47. The summed E-state index contributed by atoms with van der Waals surface area (Å²) >= 11 is 0. The molecule has 0 aromatic heterocycles. The number of nitrogens with one attached hydrogen (secondary N) is 2. The zero-order valence-electron chi connectivity index (χ0n) is 12.0. The van der Waals surface area contributed by atoms with E-state index in [0.29, 0.717) is 18.5 Å². The minimum atomic E-state index is -3.03. The Hall–Kier alpha value is -1.60. The van der Waals surface area contributed by atoms with Crippen molar-refractivity contribution in [1.29, 1.82) is 0 Å². The summed E-state index contributed by atoms with van der Waals surface area (Å²) in [4.78, 5) is 11.9. The zero-order valence-corrected chi connectivity index (χ0v) is 12.8. The smallest absolute Gasteiger partial charge is 0.319 e. The lowest BCUT2D eigenvalue weighted by molar-refractivity contribution is 0.248. The first-order valence-electron chi connectivity index (χ1n) is 6.99. The average molecular weight is 311 g/mol. The van der Waals surface area contributed by atoms with Gasteiger partial charge in [-0.1, -0.05) is 12.1 Å². The third kappa shape index (κ3) is 4.71. The lowest BCUT2D eigenvalue weighted by Gasteiger charge is -2.23. The van der Waals surface area contributed by atoms with Crippen molar-refractivity contribution in [2.75, 3.05) is 16.8 Å². The molecule has 1 fully saturated rings. The highest BCUT2D eigenvalue weighted by molar-refractivity contribution is 7.91. The first kappa shape index (κ1) is 15.8. The molecular formula is C14H21N3O3S. The number of nitrogens with two attached hydrogens (primary N) is 1. The number of carbonyl (C=O) groups is 1. The van der Waals surface area contributed by atoms with Crippen LogP contribution < -0.4 is 16.4 Å². The molecule has 0 radical (unpaired) electrons. The van der Waals surface area contributed by atoms with Gasteiger partial charge in [0, 0.05) is 17.8 Å². The summed E-state index contributed by atoms with van der Waals surface area (Å²) in [7, 11) is -3.03. The molecular weight excluding hydrogens is 290 g/mol. The van der Waals surface area contributed by atoms with Crippen LogP contribution in [-0.2, 0) is 9.84 Å². The van der Waals surface area contributed by atoms with Gasteiger partial charge < -0.3 is 16.4 Å². The van der Waals surface area contributed by atoms with E-state index in [1.807, 2.05) is 25.1 Å². The summed E-state index contributed by atoms with van der Waals surface area (Å²) in [6.07, 6.45) is 1.28. The fourth-order valence-corrected chi connectivity index (χ4v) is 4.03. The summed E-state index contributed by atoms with van der Waals surface area (Å²) in [5, 5.41) is 5.42. The van der Waals surface area contributed by atoms with Crippen LogP contribution in [0.25, 0.3) is 0 Å². The number of rotatable bonds is 3. The van der Waals surface area contributed by atoms with Gasteiger partial charge in [-0.3, -0.25) is 0 Å². The van der Waals surface area contributed by atoms with Crippen molar-refractivity contribution in [3.8, 4) is 0 Å². The van der Waals surface area contributed by atoms with E-state index < -0.39 is 9.84 Å². The predicted octanol–water partition coefficient (Wildman–Crippen LogP) is 1.41. The van der Waals surface area contributed by atoms with Crippen molar-refractivity contribution in [2.24, 2.45) is 5.73 Å². The van der Waals surface area contributed by atoms with Gasteiger partial charge in [0.25, 0.3) is 0 Å². The molecule has 1 aliphatic rings. The monoisotopic (exact) mass is 311 g/mol. The van der Waals surface area contributed by atoms with Gasteiger partial charge in [-0.05, 0) is 37.5 Å². The molecule has 1 aromatic rings. The lowest BCUT2D eigenvalue weighted by atomic mass is 10.1. The number of carbonyl (C=O) groups excluding carboxylic acids is 1. The fourth-order valence-electron chi connectivity index (χ4n) is 2.39. The van der Waals surface area contributed by atoms with Crippen LogP contribution in [-0.4, -0.2) is 32.0 Å². The van der Waals surface area contributed by atoms with Crippen LogP contribution in [0.3, 0.4) is 0 Å². The maximum absolute atomic E-state index is 11.9. The molecule has 1 heterocycles. The second kappa shape index (κ2) is 6.44. The largest absolute Gasteiger partial charge is 0.334 e. The van der Waals surface area contributed by atoms with Gasteiger partial charge in [0.2, 0.25) is 0 Å². The highest BCUT2D eigenvalue weighted by atomic mass is 32.2. The number of urea groups is 1. The molecule has 2 amide bonds. The standard InChI is InChI=1S/C14H21N3O3S/c1-10(15)11-4-2-5-12(8-11)16-14(18)17-13-6-3-7-21(19,20)9-13/h2,4-5,8,10,13H,3,6-7,9,15H2,1H3,(H2,16,17,18). The quantitative estimate of drug-likeness (QED) is 0.785. The number of anilines is 1. The number of benzene rings is 1. The van der Waals surface area contributed by atoms with E-state index in [9.17, 15) is 13.2 Å². The van der Waals surface area contributed by atoms with Crippen molar-refractivity contribution in [2.45, 2.75) is 31.8 Å². The molecule has 1 aromatic carbocycles. The molecule has 7 heteroatoms. The third-order valence-corrected chi connectivity index (χ3v) is 5.29. The van der Waals surface area contributed by atoms with E-state index in [4.69, 9.17) is 5.73 Å². The molecule has 4 N–H and O–H groups in total. The minimum Gasteiger partial charge on any atom is -0.334 e. The Morgan fingerprint density at radius 2 is 2.19 bits per heavy atom. The van der Waals surface area contributed by atoms with Crippen molar-refractivity contribution < 1.29 is 13.2 Å². The van der Waals surface area contributed by atoms with E-state index >= 15 is 0 Å². The predicted molar refractivity (Wildman–Crippen MR) is 82.9 cm³/mol. The van der Waals surface area contributed by atoms with Crippen LogP contribution in [0.4, 0.5) is 10.5 Å². The Kier molecular flexibility index (Phi) is 4.84. The zero-order chi connectivity index (χ0) is 15.5. The van der Waals surface area contributed by atoms with Crippen molar-refractivity contribution in [1.82, 2.24) is 5.32 Å². The Labute approximate surface area is 125 Å².